The highest BCUT2D eigenvalue weighted by atomic mass is 32.1. The van der Waals surface area contributed by atoms with Crippen molar-refractivity contribution in [3.63, 3.8) is 0 Å². The molecule has 100 valence electrons. The first-order valence-corrected chi connectivity index (χ1v) is 6.76. The smallest absolute Gasteiger partial charge is 0.363 e. The lowest BCUT2D eigenvalue weighted by Crippen LogP contribution is -2.05. The zero-order chi connectivity index (χ0) is 13.9. The Hall–Kier alpha value is -2.47. The number of methoxy groups -OCH3 is 1. The quantitative estimate of drug-likeness (QED) is 0.642. The lowest BCUT2D eigenvalue weighted by molar-refractivity contribution is -0.129. The number of hydrogen-bond acceptors (Lipinski definition) is 6. The third-order valence-corrected chi connectivity index (χ3v) is 3.28. The Bertz CT molecular complexity index is 705. The number of benzene rings is 1. The van der Waals surface area contributed by atoms with Crippen molar-refractivity contribution in [2.75, 3.05) is 7.11 Å². The molecule has 0 atom stereocenters. The van der Waals surface area contributed by atoms with Crippen LogP contribution in [0.1, 0.15) is 11.3 Å². The molecule has 2 aromatic rings. The average Bonchev–Trinajstić information content (AvgIpc) is 3.10. The van der Waals surface area contributed by atoms with E-state index in [1.807, 2.05) is 17.5 Å². The summed E-state index contributed by atoms with van der Waals surface area (Å²) >= 11 is 1.45. The van der Waals surface area contributed by atoms with Crippen LogP contribution < -0.4 is 4.74 Å². The second kappa shape index (κ2) is 5.26. The van der Waals surface area contributed by atoms with Crippen LogP contribution in [0.4, 0.5) is 0 Å². The molecule has 0 spiro atoms. The van der Waals surface area contributed by atoms with E-state index in [1.165, 1.54) is 11.3 Å². The lowest BCUT2D eigenvalue weighted by Gasteiger charge is -2.02. The minimum atomic E-state index is -0.476. The van der Waals surface area contributed by atoms with Crippen LogP contribution in [-0.4, -0.2) is 24.0 Å². The number of nitrogens with zero attached hydrogens (tertiary/aromatic N) is 2. The molecular formula is C14H10N2O3S. The number of aromatic nitrogens is 1. The van der Waals surface area contributed by atoms with Crippen molar-refractivity contribution in [3.8, 4) is 5.75 Å². The van der Waals surface area contributed by atoms with Crippen molar-refractivity contribution in [1.82, 2.24) is 4.98 Å². The summed E-state index contributed by atoms with van der Waals surface area (Å²) in [5.41, 5.74) is 3.32. The Morgan fingerprint density at radius 2 is 2.30 bits per heavy atom. The first-order valence-electron chi connectivity index (χ1n) is 5.81. The van der Waals surface area contributed by atoms with Crippen LogP contribution in [-0.2, 0) is 9.53 Å². The van der Waals surface area contributed by atoms with E-state index in [9.17, 15) is 4.79 Å². The first kappa shape index (κ1) is 12.6. The Kier molecular flexibility index (Phi) is 3.30. The molecule has 20 heavy (non-hydrogen) atoms. The Morgan fingerprint density at radius 1 is 1.40 bits per heavy atom. The van der Waals surface area contributed by atoms with Crippen molar-refractivity contribution in [2.24, 2.45) is 4.99 Å². The zero-order valence-electron chi connectivity index (χ0n) is 10.6. The molecule has 0 radical (unpaired) electrons. The minimum absolute atomic E-state index is 0.244. The van der Waals surface area contributed by atoms with Crippen molar-refractivity contribution in [1.29, 1.82) is 0 Å². The summed E-state index contributed by atoms with van der Waals surface area (Å²) in [6.07, 6.45) is 1.60. The fourth-order valence-electron chi connectivity index (χ4n) is 1.72. The van der Waals surface area contributed by atoms with Gasteiger partial charge < -0.3 is 9.47 Å². The minimum Gasteiger partial charge on any atom is -0.497 e. The third kappa shape index (κ3) is 2.46. The van der Waals surface area contributed by atoms with Gasteiger partial charge in [0.15, 0.2) is 5.70 Å². The van der Waals surface area contributed by atoms with Crippen LogP contribution in [0, 0.1) is 0 Å². The van der Waals surface area contributed by atoms with Gasteiger partial charge in [-0.1, -0.05) is 6.07 Å². The Labute approximate surface area is 119 Å². The summed E-state index contributed by atoms with van der Waals surface area (Å²) < 4.78 is 10.3. The number of carbonyl (C=O) groups is 1. The normalized spacial score (nSPS) is 16.1. The van der Waals surface area contributed by atoms with Gasteiger partial charge in [0, 0.05) is 10.9 Å². The monoisotopic (exact) mass is 286 g/mol. The summed E-state index contributed by atoms with van der Waals surface area (Å²) in [5.74, 6) is 0.476. The molecule has 1 aromatic heterocycles. The lowest BCUT2D eigenvalue weighted by atomic mass is 10.2. The van der Waals surface area contributed by atoms with E-state index in [-0.39, 0.29) is 11.6 Å². The molecule has 5 nitrogen and oxygen atoms in total. The summed E-state index contributed by atoms with van der Waals surface area (Å²) in [4.78, 5) is 20.1. The molecular weight excluding hydrogens is 276 g/mol. The molecule has 1 aliphatic rings. The van der Waals surface area contributed by atoms with E-state index < -0.39 is 5.97 Å². The summed E-state index contributed by atoms with van der Waals surface area (Å²) in [6.45, 7) is 0. The van der Waals surface area contributed by atoms with E-state index in [2.05, 4.69) is 9.98 Å². The van der Waals surface area contributed by atoms with Crippen LogP contribution in [0.2, 0.25) is 0 Å². The Morgan fingerprint density at radius 3 is 3.05 bits per heavy atom. The third-order valence-electron chi connectivity index (χ3n) is 2.67. The van der Waals surface area contributed by atoms with Gasteiger partial charge in [0.05, 0.1) is 18.3 Å². The molecule has 0 N–H and O–H groups in total. The topological polar surface area (TPSA) is 60.8 Å². The van der Waals surface area contributed by atoms with Gasteiger partial charge in [0.1, 0.15) is 5.75 Å². The second-order valence-electron chi connectivity index (χ2n) is 3.98. The molecule has 0 fully saturated rings. The highest BCUT2D eigenvalue weighted by Crippen LogP contribution is 2.21. The number of rotatable bonds is 3. The highest BCUT2D eigenvalue weighted by molar-refractivity contribution is 7.07. The second-order valence-corrected chi connectivity index (χ2v) is 4.70. The SMILES string of the molecule is COc1cccc(C2=N/C(=C/c3cscn3)C(=O)O2)c1. The fourth-order valence-corrected chi connectivity index (χ4v) is 2.23. The van der Waals surface area contributed by atoms with Crippen molar-refractivity contribution in [3.05, 3.63) is 52.1 Å². The number of carbonyl (C=O) groups excluding carboxylic acids is 1. The summed E-state index contributed by atoms with van der Waals surface area (Å²) in [6, 6.07) is 7.19. The molecule has 0 saturated carbocycles. The molecule has 0 aliphatic carbocycles. The van der Waals surface area contributed by atoms with Gasteiger partial charge >= 0.3 is 5.97 Å². The van der Waals surface area contributed by atoms with Crippen LogP contribution in [0.25, 0.3) is 6.08 Å². The number of hydrogen-bond donors (Lipinski definition) is 0. The molecule has 0 unspecified atom stereocenters. The van der Waals surface area contributed by atoms with Gasteiger partial charge in [-0.05, 0) is 24.3 Å². The summed E-state index contributed by atoms with van der Waals surface area (Å²) in [5, 5.41) is 1.83. The molecule has 3 rings (SSSR count). The number of ether oxygens (including phenoxy) is 2. The van der Waals surface area contributed by atoms with Crippen molar-refractivity contribution < 1.29 is 14.3 Å². The van der Waals surface area contributed by atoms with Gasteiger partial charge in [0.25, 0.3) is 0 Å². The van der Waals surface area contributed by atoms with Gasteiger partial charge in [-0.3, -0.25) is 0 Å². The van der Waals surface area contributed by atoms with E-state index in [4.69, 9.17) is 9.47 Å². The molecule has 0 saturated heterocycles. The number of cyclic esters (lactones) is 1. The molecule has 1 aromatic carbocycles. The standard InChI is InChI=1S/C14H10N2O3S/c1-18-11-4-2-3-9(5-11)13-16-12(14(17)19-13)6-10-7-20-8-15-10/h2-8H,1H3/b12-6+. The van der Waals surface area contributed by atoms with E-state index in [0.29, 0.717) is 17.0 Å². The van der Waals surface area contributed by atoms with Crippen LogP contribution in [0.3, 0.4) is 0 Å². The molecule has 1 aliphatic heterocycles. The van der Waals surface area contributed by atoms with Crippen molar-refractivity contribution in [2.45, 2.75) is 0 Å². The largest absolute Gasteiger partial charge is 0.497 e. The number of aliphatic imine (C=N–C) groups is 1. The Balaban J connectivity index is 1.93. The number of thiazole rings is 1. The summed E-state index contributed by atoms with van der Waals surface area (Å²) in [7, 11) is 1.58. The molecule has 2 heterocycles. The predicted molar refractivity (Wildman–Crippen MR) is 75.7 cm³/mol. The average molecular weight is 286 g/mol. The zero-order valence-corrected chi connectivity index (χ0v) is 11.4. The molecule has 6 heteroatoms. The van der Waals surface area contributed by atoms with Gasteiger partial charge in [0.2, 0.25) is 5.90 Å². The van der Waals surface area contributed by atoms with Crippen LogP contribution in [0.15, 0.2) is 45.8 Å². The van der Waals surface area contributed by atoms with E-state index in [0.717, 1.165) is 0 Å². The van der Waals surface area contributed by atoms with E-state index in [1.54, 1.807) is 30.8 Å². The molecule has 0 amide bonds. The van der Waals surface area contributed by atoms with Crippen LogP contribution in [0.5, 0.6) is 5.75 Å². The maximum Gasteiger partial charge on any atom is 0.363 e. The van der Waals surface area contributed by atoms with Crippen LogP contribution >= 0.6 is 11.3 Å². The predicted octanol–water partition coefficient (Wildman–Crippen LogP) is 2.50. The van der Waals surface area contributed by atoms with Gasteiger partial charge in [-0.2, -0.15) is 0 Å². The number of esters is 1. The maximum absolute atomic E-state index is 11.8. The van der Waals surface area contributed by atoms with Crippen molar-refractivity contribution >= 4 is 29.3 Å². The highest BCUT2D eigenvalue weighted by Gasteiger charge is 2.24. The first-order chi connectivity index (χ1) is 9.76. The van der Waals surface area contributed by atoms with Gasteiger partial charge in [-0.15, -0.1) is 11.3 Å². The molecule has 0 bridgehead atoms. The van der Waals surface area contributed by atoms with E-state index >= 15 is 0 Å². The fraction of sp³-hybridized carbons (Fsp3) is 0.0714. The maximum atomic E-state index is 11.8. The van der Waals surface area contributed by atoms with Gasteiger partial charge in [-0.25, -0.2) is 14.8 Å².